The first-order valence-corrected chi connectivity index (χ1v) is 13.0. The van der Waals surface area contributed by atoms with Crippen LogP contribution in [0.15, 0.2) is 35.1 Å². The number of aromatic amines is 1. The zero-order chi connectivity index (χ0) is 24.4. The van der Waals surface area contributed by atoms with Crippen molar-refractivity contribution in [2.24, 2.45) is 0 Å². The van der Waals surface area contributed by atoms with E-state index >= 15 is 0 Å². The van der Waals surface area contributed by atoms with Gasteiger partial charge in [0.2, 0.25) is 0 Å². The van der Waals surface area contributed by atoms with Crippen LogP contribution in [-0.2, 0) is 19.4 Å². The fourth-order valence-electron chi connectivity index (χ4n) is 5.13. The number of carbonyl (C=O) groups is 1. The zero-order valence-corrected chi connectivity index (χ0v) is 21.0. The van der Waals surface area contributed by atoms with Gasteiger partial charge in [-0.3, -0.25) is 14.6 Å². The predicted octanol–water partition coefficient (Wildman–Crippen LogP) is 3.21. The molecule has 8 nitrogen and oxygen atoms in total. The molecule has 9 heteroatoms. The maximum atomic E-state index is 13.0. The summed E-state index contributed by atoms with van der Waals surface area (Å²) in [5.41, 5.74) is 5.39. The number of aromatic nitrogens is 3. The summed E-state index contributed by atoms with van der Waals surface area (Å²) in [7, 11) is 2.04. The molecule has 0 bridgehead atoms. The van der Waals surface area contributed by atoms with Crippen LogP contribution in [0.2, 0.25) is 0 Å². The first-order chi connectivity index (χ1) is 17.0. The predicted molar refractivity (Wildman–Crippen MR) is 135 cm³/mol. The molecule has 1 saturated heterocycles. The van der Waals surface area contributed by atoms with Gasteiger partial charge in [0.15, 0.2) is 0 Å². The number of hydrogen-bond donors (Lipinski definition) is 2. The van der Waals surface area contributed by atoms with Gasteiger partial charge < -0.3 is 15.0 Å². The smallest absolute Gasteiger partial charge is 0.322 e. The van der Waals surface area contributed by atoms with E-state index in [1.807, 2.05) is 26.1 Å². The summed E-state index contributed by atoms with van der Waals surface area (Å²) in [4.78, 5) is 31.4. The van der Waals surface area contributed by atoms with Crippen LogP contribution in [0.5, 0.6) is 5.75 Å². The highest BCUT2D eigenvalue weighted by molar-refractivity contribution is 7.08. The molecule has 184 valence electrons. The highest BCUT2D eigenvalue weighted by Crippen LogP contribution is 2.28. The molecule has 2 aromatic heterocycles. The lowest BCUT2D eigenvalue weighted by molar-refractivity contribution is 0.0904. The maximum absolute atomic E-state index is 13.0. The number of nitrogens with one attached hydrogen (secondary N) is 2. The molecule has 0 radical (unpaired) electrons. The van der Waals surface area contributed by atoms with E-state index in [2.05, 4.69) is 26.5 Å². The molecule has 5 rings (SSSR count). The van der Waals surface area contributed by atoms with Crippen molar-refractivity contribution in [3.63, 3.8) is 0 Å². The minimum atomic E-state index is -0.170. The largest absolute Gasteiger partial charge is 0.489 e. The van der Waals surface area contributed by atoms with Crippen molar-refractivity contribution >= 4 is 17.2 Å². The second kappa shape index (κ2) is 10.3. The lowest BCUT2D eigenvalue weighted by atomic mass is 9.92. The monoisotopic (exact) mass is 493 g/mol. The van der Waals surface area contributed by atoms with Gasteiger partial charge in [0.1, 0.15) is 17.4 Å². The fraction of sp³-hybridized carbons (Fsp3) is 0.462. The van der Waals surface area contributed by atoms with Gasteiger partial charge in [-0.2, -0.15) is 5.10 Å². The first kappa shape index (κ1) is 23.7. The third kappa shape index (κ3) is 5.46. The number of pyridine rings is 1. The highest BCUT2D eigenvalue weighted by atomic mass is 32.1. The molecule has 1 fully saturated rings. The van der Waals surface area contributed by atoms with E-state index in [0.717, 1.165) is 60.1 Å². The molecule has 0 spiro atoms. The van der Waals surface area contributed by atoms with Gasteiger partial charge in [-0.1, -0.05) is 11.3 Å². The summed E-state index contributed by atoms with van der Waals surface area (Å²) in [5.74, 6) is 0.593. The molecule has 1 aromatic carbocycles. The summed E-state index contributed by atoms with van der Waals surface area (Å²) >= 11 is 1.12. The Morgan fingerprint density at radius 3 is 2.83 bits per heavy atom. The Hall–Kier alpha value is -3.04. The number of likely N-dealkylation sites (tertiary alicyclic amines) is 1. The van der Waals surface area contributed by atoms with Gasteiger partial charge in [-0.15, -0.1) is 0 Å². The number of rotatable bonds is 6. The third-order valence-electron chi connectivity index (χ3n) is 6.94. The van der Waals surface area contributed by atoms with Crippen LogP contribution in [0.3, 0.4) is 0 Å². The molecule has 2 atom stereocenters. The quantitative estimate of drug-likeness (QED) is 0.547. The zero-order valence-electron chi connectivity index (χ0n) is 20.2. The lowest BCUT2D eigenvalue weighted by Gasteiger charge is -2.35. The number of piperidine rings is 1. The molecule has 1 aliphatic heterocycles. The van der Waals surface area contributed by atoms with E-state index in [9.17, 15) is 9.59 Å². The Labute approximate surface area is 208 Å². The summed E-state index contributed by atoms with van der Waals surface area (Å²) in [6.07, 6.45) is 5.31. The van der Waals surface area contributed by atoms with Crippen LogP contribution in [0.25, 0.3) is 0 Å². The molecule has 2 N–H and O–H groups in total. The number of likely N-dealkylation sites (N-methyl/N-ethyl adjacent to an activating group) is 1. The molecule has 1 unspecified atom stereocenters. The number of hydrogen-bond acceptors (Lipinski definition) is 7. The van der Waals surface area contributed by atoms with Crippen molar-refractivity contribution in [2.45, 2.75) is 57.6 Å². The Bertz CT molecular complexity index is 1250. The van der Waals surface area contributed by atoms with Crippen LogP contribution < -0.4 is 14.9 Å². The minimum absolute atomic E-state index is 0.0148. The maximum Gasteiger partial charge on any atom is 0.322 e. The Kier molecular flexibility index (Phi) is 6.97. The number of fused-ring (bicyclic) bond motifs is 1. The second-order valence-corrected chi connectivity index (χ2v) is 10.6. The van der Waals surface area contributed by atoms with Crippen molar-refractivity contribution in [3.05, 3.63) is 73.1 Å². The lowest BCUT2D eigenvalue weighted by Crippen LogP contribution is -2.48. The van der Waals surface area contributed by atoms with Crippen LogP contribution in [0, 0.1) is 6.92 Å². The number of ether oxygens (including phenoxy) is 1. The van der Waals surface area contributed by atoms with E-state index in [1.54, 1.807) is 12.1 Å². The van der Waals surface area contributed by atoms with Crippen LogP contribution >= 0.6 is 11.3 Å². The summed E-state index contributed by atoms with van der Waals surface area (Å²) in [6.45, 7) is 4.16. The normalized spacial score (nSPS) is 20.3. The van der Waals surface area contributed by atoms with Gasteiger partial charge in [0.05, 0.1) is 0 Å². The number of benzene rings is 1. The average Bonchev–Trinajstić information content (AvgIpc) is 3.30. The van der Waals surface area contributed by atoms with Gasteiger partial charge in [0, 0.05) is 35.5 Å². The molecule has 1 aliphatic carbocycles. The van der Waals surface area contributed by atoms with Crippen molar-refractivity contribution in [3.8, 4) is 5.75 Å². The number of aryl methyl sites for hydroxylation is 2. The van der Waals surface area contributed by atoms with E-state index in [1.165, 1.54) is 29.7 Å². The number of nitrogens with zero attached hydrogens (tertiary/aromatic N) is 3. The topological polar surface area (TPSA) is 100 Å². The highest BCUT2D eigenvalue weighted by Gasteiger charge is 2.32. The SMILES string of the molecule is Cc1cc(COc2ccc(C(=O)NC3CCN(C)C[C@@H]3c3n[nH]c(=O)s3)cc2)c2c(n1)CCCC2. The second-order valence-electron chi connectivity index (χ2n) is 9.56. The van der Waals surface area contributed by atoms with Crippen LogP contribution in [-0.4, -0.2) is 52.2 Å². The van der Waals surface area contributed by atoms with Gasteiger partial charge in [0.25, 0.3) is 5.91 Å². The van der Waals surface area contributed by atoms with Crippen molar-refractivity contribution in [1.82, 2.24) is 25.4 Å². The Morgan fingerprint density at radius 2 is 2.06 bits per heavy atom. The van der Waals surface area contributed by atoms with E-state index < -0.39 is 0 Å². The molecule has 3 aromatic rings. The molecule has 0 saturated carbocycles. The molecular weight excluding hydrogens is 462 g/mol. The Balaban J connectivity index is 1.23. The van der Waals surface area contributed by atoms with E-state index in [-0.39, 0.29) is 22.7 Å². The van der Waals surface area contributed by atoms with Gasteiger partial charge in [-0.05, 0) is 94.1 Å². The minimum Gasteiger partial charge on any atom is -0.489 e. The van der Waals surface area contributed by atoms with Crippen molar-refractivity contribution < 1.29 is 9.53 Å². The third-order valence-corrected chi connectivity index (χ3v) is 7.82. The fourth-order valence-corrected chi connectivity index (χ4v) is 5.89. The molecule has 2 aliphatic rings. The number of carbonyl (C=O) groups excluding carboxylic acids is 1. The van der Waals surface area contributed by atoms with Gasteiger partial charge >= 0.3 is 4.87 Å². The summed E-state index contributed by atoms with van der Waals surface area (Å²) in [6, 6.07) is 9.35. The van der Waals surface area contributed by atoms with E-state index in [4.69, 9.17) is 9.72 Å². The van der Waals surface area contributed by atoms with Gasteiger partial charge in [-0.25, -0.2) is 5.10 Å². The first-order valence-electron chi connectivity index (χ1n) is 12.2. The Morgan fingerprint density at radius 1 is 1.26 bits per heavy atom. The van der Waals surface area contributed by atoms with E-state index in [0.29, 0.717) is 12.2 Å². The number of amides is 1. The summed E-state index contributed by atoms with van der Waals surface area (Å²) in [5, 5.41) is 10.6. The molecular formula is C26H31N5O3S. The number of H-pyrrole nitrogens is 1. The standard InChI is InChI=1S/C26H31N5O3S/c1-16-13-18(20-5-3-4-6-22(20)27-16)15-34-19-9-7-17(8-10-19)24(32)28-23-11-12-31(2)14-21(23)25-29-30-26(33)35-25/h7-10,13,21,23H,3-6,11-12,14-15H2,1-2H3,(H,28,32)(H,30,33)/t21-,23?/m0/s1. The van der Waals surface area contributed by atoms with Crippen molar-refractivity contribution in [1.29, 1.82) is 0 Å². The molecule has 35 heavy (non-hydrogen) atoms. The van der Waals surface area contributed by atoms with Crippen LogP contribution in [0.1, 0.15) is 63.1 Å². The van der Waals surface area contributed by atoms with Crippen LogP contribution in [0.4, 0.5) is 0 Å². The molecule has 3 heterocycles. The average molecular weight is 494 g/mol. The van der Waals surface area contributed by atoms with Crippen molar-refractivity contribution in [2.75, 3.05) is 20.1 Å². The molecule has 1 amide bonds. The summed E-state index contributed by atoms with van der Waals surface area (Å²) < 4.78 is 6.08.